The van der Waals surface area contributed by atoms with Crippen molar-refractivity contribution < 1.29 is 23.4 Å². The summed E-state index contributed by atoms with van der Waals surface area (Å²) in [5.41, 5.74) is 2.32. The minimum atomic E-state index is -0.525. The highest BCUT2D eigenvalue weighted by atomic mass is 16.5. The lowest BCUT2D eigenvalue weighted by atomic mass is 10.1. The molecule has 6 nitrogen and oxygen atoms in total. The van der Waals surface area contributed by atoms with Crippen molar-refractivity contribution in [2.24, 2.45) is 0 Å². The van der Waals surface area contributed by atoms with Crippen molar-refractivity contribution in [2.45, 2.75) is 13.5 Å². The largest absolute Gasteiger partial charge is 0.493 e. The van der Waals surface area contributed by atoms with Crippen molar-refractivity contribution in [3.05, 3.63) is 75.7 Å². The van der Waals surface area contributed by atoms with E-state index in [9.17, 15) is 9.59 Å². The average molecular weight is 380 g/mol. The molecule has 144 valence electrons. The van der Waals surface area contributed by atoms with Gasteiger partial charge in [0.05, 0.1) is 14.2 Å². The molecule has 0 N–H and O–H groups in total. The maximum Gasteiger partial charge on any atom is 0.336 e. The molecule has 0 saturated heterocycles. The Morgan fingerprint density at radius 2 is 1.82 bits per heavy atom. The number of benzene rings is 2. The van der Waals surface area contributed by atoms with E-state index in [-0.39, 0.29) is 6.61 Å². The van der Waals surface area contributed by atoms with Gasteiger partial charge in [0.15, 0.2) is 11.5 Å². The third-order valence-corrected chi connectivity index (χ3v) is 4.18. The van der Waals surface area contributed by atoms with Crippen molar-refractivity contribution in [3.8, 4) is 11.5 Å². The fraction of sp³-hybridized carbons (Fsp3) is 0.182. The molecule has 0 radical (unpaired) electrons. The third-order valence-electron chi connectivity index (χ3n) is 4.18. The second-order valence-electron chi connectivity index (χ2n) is 6.15. The highest BCUT2D eigenvalue weighted by Gasteiger charge is 2.08. The summed E-state index contributed by atoms with van der Waals surface area (Å²) in [6.07, 6.45) is 2.93. The van der Waals surface area contributed by atoms with Crippen LogP contribution in [0.2, 0.25) is 0 Å². The highest BCUT2D eigenvalue weighted by Crippen LogP contribution is 2.28. The van der Waals surface area contributed by atoms with Gasteiger partial charge in [0.25, 0.3) is 0 Å². The van der Waals surface area contributed by atoms with Crippen molar-refractivity contribution in [1.82, 2.24) is 0 Å². The van der Waals surface area contributed by atoms with Crippen LogP contribution in [0.3, 0.4) is 0 Å². The molecule has 1 heterocycles. The van der Waals surface area contributed by atoms with Gasteiger partial charge in [-0.05, 0) is 42.3 Å². The topological polar surface area (TPSA) is 75.0 Å². The number of esters is 1. The molecule has 2 aromatic carbocycles. The van der Waals surface area contributed by atoms with Crippen LogP contribution in [0.4, 0.5) is 0 Å². The first-order valence-electron chi connectivity index (χ1n) is 8.60. The number of hydrogen-bond acceptors (Lipinski definition) is 6. The first-order valence-corrected chi connectivity index (χ1v) is 8.60. The van der Waals surface area contributed by atoms with E-state index in [0.29, 0.717) is 22.6 Å². The minimum Gasteiger partial charge on any atom is -0.493 e. The number of carbonyl (C=O) groups is 1. The Kier molecular flexibility index (Phi) is 5.79. The van der Waals surface area contributed by atoms with Crippen LogP contribution in [0.25, 0.3) is 17.0 Å². The molecule has 0 fully saturated rings. The van der Waals surface area contributed by atoms with Crippen molar-refractivity contribution in [3.63, 3.8) is 0 Å². The Hall–Kier alpha value is -3.54. The lowest BCUT2D eigenvalue weighted by Gasteiger charge is -2.08. The standard InChI is InChI=1S/C22H20O6/c1-14-4-7-17-16(12-22(24)28-19(17)10-14)13-27-21(23)9-6-15-5-8-18(25-2)20(11-15)26-3/h4-12H,13H2,1-3H3/b9-6+. The van der Waals surface area contributed by atoms with E-state index in [2.05, 4.69) is 0 Å². The van der Waals surface area contributed by atoms with Gasteiger partial charge in [-0.1, -0.05) is 18.2 Å². The summed E-state index contributed by atoms with van der Waals surface area (Å²) in [6, 6.07) is 12.2. The van der Waals surface area contributed by atoms with E-state index in [4.69, 9.17) is 18.6 Å². The van der Waals surface area contributed by atoms with Crippen LogP contribution in [0.5, 0.6) is 11.5 Å². The molecule has 0 saturated carbocycles. The van der Waals surface area contributed by atoms with E-state index >= 15 is 0 Å². The number of hydrogen-bond donors (Lipinski definition) is 0. The van der Waals surface area contributed by atoms with Gasteiger partial charge in [0.1, 0.15) is 12.2 Å². The molecule has 0 amide bonds. The van der Waals surface area contributed by atoms with Gasteiger partial charge in [-0.15, -0.1) is 0 Å². The summed E-state index contributed by atoms with van der Waals surface area (Å²) in [6.45, 7) is 1.88. The molecule has 3 aromatic rings. The maximum absolute atomic E-state index is 12.1. The molecule has 0 spiro atoms. The smallest absolute Gasteiger partial charge is 0.336 e. The first kappa shape index (κ1) is 19.2. The van der Waals surface area contributed by atoms with Crippen molar-refractivity contribution in [2.75, 3.05) is 14.2 Å². The van der Waals surface area contributed by atoms with Gasteiger partial charge in [-0.25, -0.2) is 9.59 Å². The van der Waals surface area contributed by atoms with E-state index in [1.165, 1.54) is 12.1 Å². The number of rotatable bonds is 6. The molecule has 0 aliphatic heterocycles. The molecule has 0 unspecified atom stereocenters. The normalized spacial score (nSPS) is 11.0. The molecule has 1 aromatic heterocycles. The fourth-order valence-corrected chi connectivity index (χ4v) is 2.77. The third kappa shape index (κ3) is 4.40. The van der Waals surface area contributed by atoms with Crippen LogP contribution >= 0.6 is 0 Å². The van der Waals surface area contributed by atoms with Crippen LogP contribution < -0.4 is 15.1 Å². The van der Waals surface area contributed by atoms with Crippen molar-refractivity contribution in [1.29, 1.82) is 0 Å². The van der Waals surface area contributed by atoms with E-state index in [1.807, 2.05) is 19.1 Å². The van der Waals surface area contributed by atoms with Gasteiger partial charge in [0, 0.05) is 23.1 Å². The Bertz CT molecular complexity index is 1090. The monoisotopic (exact) mass is 380 g/mol. The number of methoxy groups -OCH3 is 2. The van der Waals surface area contributed by atoms with Crippen LogP contribution in [0, 0.1) is 6.92 Å². The minimum absolute atomic E-state index is 0.0275. The Morgan fingerprint density at radius 3 is 2.57 bits per heavy atom. The lowest BCUT2D eigenvalue weighted by Crippen LogP contribution is -2.05. The van der Waals surface area contributed by atoms with Crippen LogP contribution in [0.15, 0.2) is 57.8 Å². The molecule has 3 rings (SSSR count). The first-order chi connectivity index (χ1) is 13.5. The zero-order valence-electron chi connectivity index (χ0n) is 15.9. The number of aryl methyl sites for hydroxylation is 1. The predicted octanol–water partition coefficient (Wildman–Crippen LogP) is 3.88. The van der Waals surface area contributed by atoms with E-state index < -0.39 is 11.6 Å². The summed E-state index contributed by atoms with van der Waals surface area (Å²) in [5.74, 6) is 0.645. The fourth-order valence-electron chi connectivity index (χ4n) is 2.77. The second kappa shape index (κ2) is 8.43. The molecule has 0 aliphatic rings. The summed E-state index contributed by atoms with van der Waals surface area (Å²) in [7, 11) is 3.10. The molecule has 6 heteroatoms. The van der Waals surface area contributed by atoms with E-state index in [0.717, 1.165) is 16.5 Å². The summed E-state index contributed by atoms with van der Waals surface area (Å²) in [5, 5.41) is 0.738. The van der Waals surface area contributed by atoms with Crippen LogP contribution in [-0.2, 0) is 16.1 Å². The summed E-state index contributed by atoms with van der Waals surface area (Å²) >= 11 is 0. The van der Waals surface area contributed by atoms with Crippen LogP contribution in [0.1, 0.15) is 16.7 Å². The number of carbonyl (C=O) groups excluding carboxylic acids is 1. The zero-order chi connectivity index (χ0) is 20.1. The number of ether oxygens (including phenoxy) is 3. The summed E-state index contributed by atoms with van der Waals surface area (Å²) in [4.78, 5) is 23.8. The summed E-state index contributed by atoms with van der Waals surface area (Å²) < 4.78 is 20.9. The van der Waals surface area contributed by atoms with E-state index in [1.54, 1.807) is 44.6 Å². The molecule has 0 atom stereocenters. The molecule has 0 bridgehead atoms. The van der Waals surface area contributed by atoms with Gasteiger partial charge >= 0.3 is 11.6 Å². The quantitative estimate of drug-likeness (QED) is 0.367. The lowest BCUT2D eigenvalue weighted by molar-refractivity contribution is -0.138. The average Bonchev–Trinajstić information content (AvgIpc) is 2.69. The molecular formula is C22H20O6. The Labute approximate surface area is 162 Å². The highest BCUT2D eigenvalue weighted by molar-refractivity contribution is 5.87. The van der Waals surface area contributed by atoms with Crippen LogP contribution in [-0.4, -0.2) is 20.2 Å². The predicted molar refractivity (Wildman–Crippen MR) is 106 cm³/mol. The SMILES string of the molecule is COc1ccc(/C=C/C(=O)OCc2cc(=O)oc3cc(C)ccc23)cc1OC. The van der Waals surface area contributed by atoms with Crippen molar-refractivity contribution >= 4 is 23.0 Å². The second-order valence-corrected chi connectivity index (χ2v) is 6.15. The van der Waals surface area contributed by atoms with Gasteiger partial charge in [0.2, 0.25) is 0 Å². The maximum atomic E-state index is 12.1. The number of fused-ring (bicyclic) bond motifs is 1. The zero-order valence-corrected chi connectivity index (χ0v) is 15.9. The van der Waals surface area contributed by atoms with Gasteiger partial charge < -0.3 is 18.6 Å². The molecular weight excluding hydrogens is 360 g/mol. The molecule has 28 heavy (non-hydrogen) atoms. The van der Waals surface area contributed by atoms with Gasteiger partial charge in [-0.2, -0.15) is 0 Å². The molecule has 0 aliphatic carbocycles. The Balaban J connectivity index is 1.72. The Morgan fingerprint density at radius 1 is 1.04 bits per heavy atom. The van der Waals surface area contributed by atoms with Gasteiger partial charge in [-0.3, -0.25) is 0 Å².